The predicted octanol–water partition coefficient (Wildman–Crippen LogP) is 4.07. The first-order chi connectivity index (χ1) is 10.5. The van der Waals surface area contributed by atoms with Crippen molar-refractivity contribution in [1.29, 1.82) is 0 Å². The van der Waals surface area contributed by atoms with Crippen LogP contribution in [0.3, 0.4) is 0 Å². The van der Waals surface area contributed by atoms with E-state index in [0.717, 1.165) is 28.3 Å². The molecular weight excluding hydrogens is 320 g/mol. The molecule has 1 unspecified atom stereocenters. The van der Waals surface area contributed by atoms with Crippen LogP contribution >= 0.6 is 0 Å². The Labute approximate surface area is 136 Å². The van der Waals surface area contributed by atoms with E-state index in [9.17, 15) is 17.2 Å². The second-order valence-electron chi connectivity index (χ2n) is 7.64. The van der Waals surface area contributed by atoms with E-state index in [-0.39, 0.29) is 0 Å². The number of alkyl halides is 2. The number of halogens is 2. The number of rotatable bonds is 3. The minimum atomic E-state index is -3.81. The average molecular weight is 343 g/mol. The summed E-state index contributed by atoms with van der Waals surface area (Å²) in [7, 11) is -3.81. The summed E-state index contributed by atoms with van der Waals surface area (Å²) in [6.45, 7) is 3.95. The van der Waals surface area contributed by atoms with Gasteiger partial charge in [-0.15, -0.1) is 0 Å². The van der Waals surface area contributed by atoms with Crippen LogP contribution in [0.4, 0.5) is 8.78 Å². The van der Waals surface area contributed by atoms with Gasteiger partial charge in [-0.05, 0) is 50.7 Å². The zero-order chi connectivity index (χ0) is 17.0. The van der Waals surface area contributed by atoms with Crippen molar-refractivity contribution in [3.05, 3.63) is 35.4 Å². The van der Waals surface area contributed by atoms with Gasteiger partial charge in [0.05, 0.1) is 17.3 Å². The Balaban J connectivity index is 2.06. The van der Waals surface area contributed by atoms with Gasteiger partial charge >= 0.3 is 0 Å². The second-order valence-corrected chi connectivity index (χ2v) is 10.3. The molecule has 0 bridgehead atoms. The molecule has 1 aliphatic carbocycles. The van der Waals surface area contributed by atoms with Crippen LogP contribution in [0, 0.1) is 0 Å². The van der Waals surface area contributed by atoms with Crippen molar-refractivity contribution in [1.82, 2.24) is 4.31 Å². The number of hydrogen-bond acceptors (Lipinski definition) is 2. The van der Waals surface area contributed by atoms with Crippen molar-refractivity contribution in [2.24, 2.45) is 0 Å². The highest BCUT2D eigenvalue weighted by Crippen LogP contribution is 2.49. The van der Waals surface area contributed by atoms with Crippen LogP contribution in [-0.4, -0.2) is 29.9 Å². The molecule has 128 valence electrons. The summed E-state index contributed by atoms with van der Waals surface area (Å²) in [5, 5.41) is 0. The lowest BCUT2D eigenvalue weighted by Gasteiger charge is -2.31. The smallest absolute Gasteiger partial charge is 0.212 e. The Morgan fingerprint density at radius 3 is 2.22 bits per heavy atom. The fourth-order valence-corrected chi connectivity index (χ4v) is 4.82. The van der Waals surface area contributed by atoms with E-state index in [4.69, 9.17) is 0 Å². The maximum absolute atomic E-state index is 14.1. The SMILES string of the molecule is CC(C)(C)S(=O)(=O)N1CC(F)(F)CC1c1ccccc1C1CC1. The van der Waals surface area contributed by atoms with Crippen molar-refractivity contribution in [2.45, 2.75) is 62.7 Å². The Morgan fingerprint density at radius 1 is 1.13 bits per heavy atom. The maximum Gasteiger partial charge on any atom is 0.263 e. The second kappa shape index (κ2) is 5.24. The van der Waals surface area contributed by atoms with E-state index in [0.29, 0.717) is 5.92 Å². The van der Waals surface area contributed by atoms with Gasteiger partial charge in [0, 0.05) is 6.42 Å². The zero-order valence-electron chi connectivity index (χ0n) is 13.7. The summed E-state index contributed by atoms with van der Waals surface area (Å²) in [5.74, 6) is -2.60. The first kappa shape index (κ1) is 16.8. The van der Waals surface area contributed by atoms with Gasteiger partial charge in [-0.25, -0.2) is 17.2 Å². The molecule has 3 rings (SSSR count). The molecular formula is C17H23F2NO2S. The Bertz CT molecular complexity index is 706. The molecule has 1 heterocycles. The molecule has 0 aromatic heterocycles. The molecule has 2 aliphatic rings. The van der Waals surface area contributed by atoms with Gasteiger partial charge in [-0.3, -0.25) is 0 Å². The van der Waals surface area contributed by atoms with Crippen molar-refractivity contribution in [2.75, 3.05) is 6.54 Å². The molecule has 0 spiro atoms. The van der Waals surface area contributed by atoms with E-state index in [1.165, 1.54) is 0 Å². The van der Waals surface area contributed by atoms with Crippen LogP contribution in [0.25, 0.3) is 0 Å². The average Bonchev–Trinajstić information content (AvgIpc) is 3.21. The third-order valence-corrected chi connectivity index (χ3v) is 7.23. The lowest BCUT2D eigenvalue weighted by atomic mass is 9.96. The summed E-state index contributed by atoms with van der Waals surface area (Å²) < 4.78 is 53.8. The Morgan fingerprint density at radius 2 is 1.70 bits per heavy atom. The van der Waals surface area contributed by atoms with Crippen LogP contribution in [0.2, 0.25) is 0 Å². The maximum atomic E-state index is 14.1. The molecule has 23 heavy (non-hydrogen) atoms. The molecule has 0 N–H and O–H groups in total. The summed E-state index contributed by atoms with van der Waals surface area (Å²) in [6.07, 6.45) is 1.66. The largest absolute Gasteiger partial charge is 0.263 e. The summed E-state index contributed by atoms with van der Waals surface area (Å²) in [5.41, 5.74) is 1.78. The number of hydrogen-bond donors (Lipinski definition) is 0. The van der Waals surface area contributed by atoms with Crippen LogP contribution in [0.5, 0.6) is 0 Å². The third-order valence-electron chi connectivity index (χ3n) is 4.68. The lowest BCUT2D eigenvalue weighted by Crippen LogP contribution is -2.43. The molecule has 1 atom stereocenters. The van der Waals surface area contributed by atoms with Gasteiger partial charge in [0.15, 0.2) is 0 Å². The highest BCUT2D eigenvalue weighted by Gasteiger charge is 2.53. The van der Waals surface area contributed by atoms with E-state index >= 15 is 0 Å². The number of nitrogens with zero attached hydrogens (tertiary/aromatic N) is 1. The van der Waals surface area contributed by atoms with E-state index in [1.807, 2.05) is 18.2 Å². The summed E-state index contributed by atoms with van der Waals surface area (Å²) >= 11 is 0. The minimum Gasteiger partial charge on any atom is -0.212 e. The van der Waals surface area contributed by atoms with E-state index < -0.39 is 39.7 Å². The Kier molecular flexibility index (Phi) is 3.84. The molecule has 0 radical (unpaired) electrons. The zero-order valence-corrected chi connectivity index (χ0v) is 14.5. The monoisotopic (exact) mass is 343 g/mol. The Hall–Kier alpha value is -1.01. The molecule has 1 aliphatic heterocycles. The van der Waals surface area contributed by atoms with Gasteiger partial charge in [-0.1, -0.05) is 24.3 Å². The first-order valence-corrected chi connectivity index (χ1v) is 9.45. The van der Waals surface area contributed by atoms with E-state index in [1.54, 1.807) is 26.8 Å². The molecule has 0 amide bonds. The highest BCUT2D eigenvalue weighted by atomic mass is 32.2. The first-order valence-electron chi connectivity index (χ1n) is 8.01. The molecule has 1 aromatic carbocycles. The van der Waals surface area contributed by atoms with Crippen molar-refractivity contribution >= 4 is 10.0 Å². The van der Waals surface area contributed by atoms with Gasteiger partial charge in [-0.2, -0.15) is 4.31 Å². The number of benzene rings is 1. The lowest BCUT2D eigenvalue weighted by molar-refractivity contribution is 0.0170. The molecule has 6 heteroatoms. The van der Waals surface area contributed by atoms with Crippen LogP contribution < -0.4 is 0 Å². The molecule has 1 aromatic rings. The van der Waals surface area contributed by atoms with Crippen LogP contribution in [0.1, 0.15) is 63.1 Å². The quantitative estimate of drug-likeness (QED) is 0.829. The fourth-order valence-electron chi connectivity index (χ4n) is 3.24. The van der Waals surface area contributed by atoms with Crippen LogP contribution in [0.15, 0.2) is 24.3 Å². The molecule has 1 saturated carbocycles. The highest BCUT2D eigenvalue weighted by molar-refractivity contribution is 7.90. The van der Waals surface area contributed by atoms with Crippen LogP contribution in [-0.2, 0) is 10.0 Å². The van der Waals surface area contributed by atoms with Gasteiger partial charge < -0.3 is 0 Å². The third kappa shape index (κ3) is 3.03. The van der Waals surface area contributed by atoms with Crippen molar-refractivity contribution in [3.63, 3.8) is 0 Å². The normalized spacial score (nSPS) is 25.7. The van der Waals surface area contributed by atoms with Crippen molar-refractivity contribution < 1.29 is 17.2 Å². The van der Waals surface area contributed by atoms with Gasteiger partial charge in [0.2, 0.25) is 10.0 Å². The molecule has 3 nitrogen and oxygen atoms in total. The molecule has 2 fully saturated rings. The molecule has 1 saturated heterocycles. The van der Waals surface area contributed by atoms with E-state index in [2.05, 4.69) is 0 Å². The van der Waals surface area contributed by atoms with Gasteiger partial charge in [0.1, 0.15) is 0 Å². The standard InChI is InChI=1S/C17H23F2NO2S/c1-16(2,3)23(21,22)20-11-17(18,19)10-15(20)14-7-5-4-6-13(14)12-8-9-12/h4-7,12,15H,8-11H2,1-3H3. The summed E-state index contributed by atoms with van der Waals surface area (Å²) in [6, 6.07) is 6.69. The topological polar surface area (TPSA) is 37.4 Å². The number of sulfonamides is 1. The van der Waals surface area contributed by atoms with Gasteiger partial charge in [0.25, 0.3) is 5.92 Å². The predicted molar refractivity (Wildman–Crippen MR) is 86.1 cm³/mol. The summed E-state index contributed by atoms with van der Waals surface area (Å²) in [4.78, 5) is 0. The van der Waals surface area contributed by atoms with Crippen molar-refractivity contribution in [3.8, 4) is 0 Å². The minimum absolute atomic E-state index is 0.389. The fraction of sp³-hybridized carbons (Fsp3) is 0.647.